The zero-order valence-electron chi connectivity index (χ0n) is 19.0. The van der Waals surface area contributed by atoms with Gasteiger partial charge in [-0.1, -0.05) is 12.1 Å². The minimum Gasteiger partial charge on any atom is -0.369 e. The van der Waals surface area contributed by atoms with Crippen LogP contribution in [0.1, 0.15) is 29.8 Å². The molecule has 3 N–H and O–H groups in total. The van der Waals surface area contributed by atoms with Crippen molar-refractivity contribution in [1.82, 2.24) is 20.5 Å². The molecule has 0 unspecified atom stereocenters. The molecule has 0 aliphatic carbocycles. The normalized spacial score (nSPS) is 15.8. The molecule has 1 aromatic carbocycles. The molecule has 8 nitrogen and oxygen atoms in total. The highest BCUT2D eigenvalue weighted by Crippen LogP contribution is 2.25. The first kappa shape index (κ1) is 23.8. The number of hydrogen-bond acceptors (Lipinski definition) is 6. The first-order valence-corrected chi connectivity index (χ1v) is 11.0. The number of carbonyl (C=O) groups is 1. The minimum absolute atomic E-state index is 0.0237. The number of benzene rings is 1. The lowest BCUT2D eigenvalue weighted by Gasteiger charge is -2.34. The summed E-state index contributed by atoms with van der Waals surface area (Å²) >= 11 is 0. The molecule has 1 amide bonds. The Morgan fingerprint density at radius 1 is 1.24 bits per heavy atom. The highest BCUT2D eigenvalue weighted by molar-refractivity contribution is 5.99. The molecule has 1 fully saturated rings. The molecular formula is C24H27F2N5O3. The Kier molecular flexibility index (Phi) is 7.18. The maximum Gasteiger partial charge on any atom is 0.255 e. The van der Waals surface area contributed by atoms with E-state index >= 15 is 0 Å². The van der Waals surface area contributed by atoms with Crippen molar-refractivity contribution in [3.05, 3.63) is 65.5 Å². The van der Waals surface area contributed by atoms with Crippen molar-refractivity contribution >= 4 is 11.7 Å². The number of anilines is 1. The lowest BCUT2D eigenvalue weighted by Crippen LogP contribution is -2.43. The van der Waals surface area contributed by atoms with Crippen LogP contribution in [0.15, 0.2) is 42.7 Å². The summed E-state index contributed by atoms with van der Waals surface area (Å²) in [6.07, 6.45) is 3.46. The SMILES string of the molecule is CC1(C)OCC(CNC(=O)c2cc(F)c(-c3cn[nH]c3)nc2NCCc2cccc(F)c2)CO1. The fraction of sp³-hybridized carbons (Fsp3) is 0.375. The van der Waals surface area contributed by atoms with Crippen LogP contribution in [0.2, 0.25) is 0 Å². The molecule has 180 valence electrons. The van der Waals surface area contributed by atoms with Gasteiger partial charge in [-0.2, -0.15) is 5.10 Å². The fourth-order valence-electron chi connectivity index (χ4n) is 3.57. The topological polar surface area (TPSA) is 101 Å². The summed E-state index contributed by atoms with van der Waals surface area (Å²) in [5.41, 5.74) is 1.38. The molecule has 2 aromatic heterocycles. The van der Waals surface area contributed by atoms with E-state index in [1.54, 1.807) is 6.07 Å². The van der Waals surface area contributed by atoms with E-state index in [0.29, 0.717) is 38.3 Å². The van der Waals surface area contributed by atoms with Crippen LogP contribution in [0.25, 0.3) is 11.3 Å². The average molecular weight is 472 g/mol. The van der Waals surface area contributed by atoms with Gasteiger partial charge in [0.15, 0.2) is 11.6 Å². The third-order valence-corrected chi connectivity index (χ3v) is 5.47. The number of nitrogens with one attached hydrogen (secondary N) is 3. The van der Waals surface area contributed by atoms with E-state index in [9.17, 15) is 13.6 Å². The molecule has 4 rings (SSSR count). The molecule has 10 heteroatoms. The Morgan fingerprint density at radius 2 is 2.03 bits per heavy atom. The number of aromatic nitrogens is 3. The summed E-state index contributed by atoms with van der Waals surface area (Å²) in [7, 11) is 0. The van der Waals surface area contributed by atoms with E-state index in [1.165, 1.54) is 24.5 Å². The zero-order chi connectivity index (χ0) is 24.1. The number of amides is 1. The fourth-order valence-corrected chi connectivity index (χ4v) is 3.57. The van der Waals surface area contributed by atoms with Gasteiger partial charge in [-0.3, -0.25) is 9.89 Å². The third kappa shape index (κ3) is 5.95. The average Bonchev–Trinajstić information content (AvgIpc) is 3.33. The molecular weight excluding hydrogens is 444 g/mol. The van der Waals surface area contributed by atoms with Gasteiger partial charge in [0, 0.05) is 30.8 Å². The van der Waals surface area contributed by atoms with Crippen molar-refractivity contribution < 1.29 is 23.0 Å². The van der Waals surface area contributed by atoms with Gasteiger partial charge in [-0.25, -0.2) is 13.8 Å². The molecule has 0 radical (unpaired) electrons. The summed E-state index contributed by atoms with van der Waals surface area (Å²) in [6, 6.07) is 7.42. The molecule has 0 bridgehead atoms. The Labute approximate surface area is 196 Å². The van der Waals surface area contributed by atoms with Crippen molar-refractivity contribution in [3.63, 3.8) is 0 Å². The first-order chi connectivity index (χ1) is 16.3. The number of carbonyl (C=O) groups excluding carboxylic acids is 1. The van der Waals surface area contributed by atoms with Gasteiger partial charge in [0.25, 0.3) is 5.91 Å². The van der Waals surface area contributed by atoms with Gasteiger partial charge in [0.05, 0.1) is 25.0 Å². The quantitative estimate of drug-likeness (QED) is 0.465. The van der Waals surface area contributed by atoms with E-state index in [1.807, 2.05) is 19.9 Å². The lowest BCUT2D eigenvalue weighted by atomic mass is 10.1. The number of hydrogen-bond donors (Lipinski definition) is 3. The van der Waals surface area contributed by atoms with Crippen LogP contribution in [-0.4, -0.2) is 53.2 Å². The number of halogens is 2. The standard InChI is InChI=1S/C24H27F2N5O3/c1-24(2)33-13-16(14-34-24)10-28-23(32)19-9-20(26)21(17-11-29-30-12-17)31-22(19)27-7-6-15-4-3-5-18(25)8-15/h3-5,8-9,11-12,16H,6-7,10,13-14H2,1-2H3,(H,27,31)(H,28,32)(H,29,30). The van der Waals surface area contributed by atoms with Gasteiger partial charge in [-0.05, 0) is 44.0 Å². The Morgan fingerprint density at radius 3 is 2.74 bits per heavy atom. The number of pyridine rings is 1. The van der Waals surface area contributed by atoms with E-state index in [4.69, 9.17) is 9.47 Å². The Bertz CT molecular complexity index is 1130. The minimum atomic E-state index is -0.645. The molecule has 0 spiro atoms. The molecule has 1 saturated heterocycles. The van der Waals surface area contributed by atoms with E-state index in [2.05, 4.69) is 25.8 Å². The number of rotatable bonds is 8. The zero-order valence-corrected chi connectivity index (χ0v) is 19.0. The second-order valence-electron chi connectivity index (χ2n) is 8.61. The van der Waals surface area contributed by atoms with Crippen LogP contribution >= 0.6 is 0 Å². The van der Waals surface area contributed by atoms with Gasteiger partial charge < -0.3 is 20.1 Å². The maximum atomic E-state index is 14.9. The molecule has 1 aliphatic heterocycles. The van der Waals surface area contributed by atoms with Gasteiger partial charge in [0.1, 0.15) is 17.3 Å². The monoisotopic (exact) mass is 471 g/mol. The Balaban J connectivity index is 1.49. The number of aromatic amines is 1. The van der Waals surface area contributed by atoms with Crippen LogP contribution in [0.4, 0.5) is 14.6 Å². The molecule has 0 atom stereocenters. The number of nitrogens with zero attached hydrogens (tertiary/aromatic N) is 2. The first-order valence-electron chi connectivity index (χ1n) is 11.0. The van der Waals surface area contributed by atoms with E-state index in [0.717, 1.165) is 11.6 Å². The van der Waals surface area contributed by atoms with Crippen LogP contribution in [0.3, 0.4) is 0 Å². The number of ether oxygens (including phenoxy) is 2. The van der Waals surface area contributed by atoms with Gasteiger partial charge in [-0.15, -0.1) is 0 Å². The van der Waals surface area contributed by atoms with Crippen LogP contribution in [0.5, 0.6) is 0 Å². The van der Waals surface area contributed by atoms with Crippen molar-refractivity contribution in [2.45, 2.75) is 26.1 Å². The molecule has 34 heavy (non-hydrogen) atoms. The Hall–Kier alpha value is -3.37. The second-order valence-corrected chi connectivity index (χ2v) is 8.61. The van der Waals surface area contributed by atoms with Crippen LogP contribution in [-0.2, 0) is 15.9 Å². The van der Waals surface area contributed by atoms with Crippen molar-refractivity contribution in [3.8, 4) is 11.3 Å². The highest BCUT2D eigenvalue weighted by atomic mass is 19.1. The summed E-state index contributed by atoms with van der Waals surface area (Å²) in [5.74, 6) is -1.88. The van der Waals surface area contributed by atoms with Gasteiger partial charge in [0.2, 0.25) is 0 Å². The number of H-pyrrole nitrogens is 1. The molecule has 3 aromatic rings. The predicted octanol–water partition coefficient (Wildman–Crippen LogP) is 3.53. The largest absolute Gasteiger partial charge is 0.369 e. The molecule has 0 saturated carbocycles. The molecule has 1 aliphatic rings. The third-order valence-electron chi connectivity index (χ3n) is 5.47. The van der Waals surface area contributed by atoms with Crippen LogP contribution in [0, 0.1) is 17.6 Å². The van der Waals surface area contributed by atoms with Crippen molar-refractivity contribution in [2.24, 2.45) is 5.92 Å². The van der Waals surface area contributed by atoms with Crippen LogP contribution < -0.4 is 10.6 Å². The summed E-state index contributed by atoms with van der Waals surface area (Å²) in [6.45, 7) is 5.23. The van der Waals surface area contributed by atoms with E-state index in [-0.39, 0.29) is 28.8 Å². The molecule has 3 heterocycles. The van der Waals surface area contributed by atoms with Crippen molar-refractivity contribution in [1.29, 1.82) is 0 Å². The summed E-state index contributed by atoms with van der Waals surface area (Å²) < 4.78 is 39.6. The van der Waals surface area contributed by atoms with Gasteiger partial charge >= 0.3 is 0 Å². The highest BCUT2D eigenvalue weighted by Gasteiger charge is 2.29. The van der Waals surface area contributed by atoms with Crippen molar-refractivity contribution in [2.75, 3.05) is 31.6 Å². The van der Waals surface area contributed by atoms with E-state index < -0.39 is 17.5 Å². The smallest absolute Gasteiger partial charge is 0.255 e. The second kappa shape index (κ2) is 10.3. The lowest BCUT2D eigenvalue weighted by molar-refractivity contribution is -0.261. The maximum absolute atomic E-state index is 14.9. The summed E-state index contributed by atoms with van der Waals surface area (Å²) in [5, 5.41) is 12.4. The predicted molar refractivity (Wildman–Crippen MR) is 122 cm³/mol. The summed E-state index contributed by atoms with van der Waals surface area (Å²) in [4.78, 5) is 17.3.